The van der Waals surface area contributed by atoms with Crippen molar-refractivity contribution < 1.29 is 19.5 Å². The zero-order chi connectivity index (χ0) is 16.0. The standard InChI is InChI=1S/C13H17ClN2O4S/c1-7(6-12(18)19)5-11(17)16-13(20)15-8(2)9-3-4-10(14)21-9/h3-4,7-8H,5-6H2,1-2H3,(H,18,19)(H2,15,16,17,20). The molecule has 21 heavy (non-hydrogen) atoms. The Morgan fingerprint density at radius 3 is 2.48 bits per heavy atom. The molecule has 0 saturated carbocycles. The summed E-state index contributed by atoms with van der Waals surface area (Å²) >= 11 is 7.16. The topological polar surface area (TPSA) is 95.5 Å². The second-order valence-corrected chi connectivity index (χ2v) is 6.54. The maximum atomic E-state index is 11.7. The van der Waals surface area contributed by atoms with E-state index in [1.165, 1.54) is 11.3 Å². The second kappa shape index (κ2) is 7.99. The lowest BCUT2D eigenvalue weighted by molar-refractivity contribution is -0.138. The molecule has 0 fully saturated rings. The van der Waals surface area contributed by atoms with E-state index >= 15 is 0 Å². The number of carbonyl (C=O) groups excluding carboxylic acids is 2. The predicted molar refractivity (Wildman–Crippen MR) is 80.5 cm³/mol. The molecule has 0 aliphatic carbocycles. The molecule has 1 rings (SSSR count). The fraction of sp³-hybridized carbons (Fsp3) is 0.462. The maximum absolute atomic E-state index is 11.7. The number of nitrogens with one attached hydrogen (secondary N) is 2. The van der Waals surface area contributed by atoms with Gasteiger partial charge in [0.1, 0.15) is 0 Å². The van der Waals surface area contributed by atoms with Crippen LogP contribution < -0.4 is 10.6 Å². The molecule has 3 amide bonds. The van der Waals surface area contributed by atoms with Crippen molar-refractivity contribution in [1.29, 1.82) is 0 Å². The Bertz CT molecular complexity index is 532. The van der Waals surface area contributed by atoms with E-state index in [9.17, 15) is 14.4 Å². The van der Waals surface area contributed by atoms with E-state index in [0.717, 1.165) is 4.88 Å². The summed E-state index contributed by atoms with van der Waals surface area (Å²) in [5.41, 5.74) is 0. The SMILES string of the molecule is CC(CC(=O)O)CC(=O)NC(=O)NC(C)c1ccc(Cl)s1. The van der Waals surface area contributed by atoms with Gasteiger partial charge in [0.2, 0.25) is 5.91 Å². The first-order valence-electron chi connectivity index (χ1n) is 6.35. The normalized spacial score (nSPS) is 13.3. The minimum atomic E-state index is -0.969. The van der Waals surface area contributed by atoms with Gasteiger partial charge in [-0.15, -0.1) is 11.3 Å². The van der Waals surface area contributed by atoms with Crippen LogP contribution in [-0.2, 0) is 9.59 Å². The summed E-state index contributed by atoms with van der Waals surface area (Å²) < 4.78 is 0.623. The van der Waals surface area contributed by atoms with Crippen molar-refractivity contribution in [3.8, 4) is 0 Å². The molecule has 116 valence electrons. The lowest BCUT2D eigenvalue weighted by Crippen LogP contribution is -2.40. The Hall–Kier alpha value is -1.60. The lowest BCUT2D eigenvalue weighted by atomic mass is 10.0. The number of rotatable bonds is 6. The molecule has 1 aromatic rings. The van der Waals surface area contributed by atoms with Crippen molar-refractivity contribution in [1.82, 2.24) is 10.6 Å². The average Bonchev–Trinajstić information content (AvgIpc) is 2.73. The number of amides is 3. The minimum Gasteiger partial charge on any atom is -0.481 e. The molecule has 0 aliphatic rings. The molecule has 8 heteroatoms. The summed E-state index contributed by atoms with van der Waals surface area (Å²) in [6.45, 7) is 3.42. The third-order valence-electron chi connectivity index (χ3n) is 2.68. The van der Waals surface area contributed by atoms with Gasteiger partial charge in [0.05, 0.1) is 10.4 Å². The summed E-state index contributed by atoms with van der Waals surface area (Å²) in [6, 6.07) is 2.65. The van der Waals surface area contributed by atoms with Crippen LogP contribution >= 0.6 is 22.9 Å². The van der Waals surface area contributed by atoms with Crippen molar-refractivity contribution in [3.63, 3.8) is 0 Å². The number of halogens is 1. The lowest BCUT2D eigenvalue weighted by Gasteiger charge is -2.13. The smallest absolute Gasteiger partial charge is 0.321 e. The zero-order valence-electron chi connectivity index (χ0n) is 11.7. The number of aliphatic carboxylic acids is 1. The molecule has 1 aromatic heterocycles. The second-order valence-electron chi connectivity index (χ2n) is 4.79. The quantitative estimate of drug-likeness (QED) is 0.746. The Morgan fingerprint density at radius 2 is 1.95 bits per heavy atom. The van der Waals surface area contributed by atoms with Crippen molar-refractivity contribution in [2.24, 2.45) is 5.92 Å². The van der Waals surface area contributed by atoms with E-state index in [-0.39, 0.29) is 24.8 Å². The van der Waals surface area contributed by atoms with Gasteiger partial charge in [0, 0.05) is 17.7 Å². The van der Waals surface area contributed by atoms with Crippen LogP contribution in [0.5, 0.6) is 0 Å². The molecule has 0 aromatic carbocycles. The predicted octanol–water partition coefficient (Wildman–Crippen LogP) is 2.79. The van der Waals surface area contributed by atoms with Crippen molar-refractivity contribution in [2.45, 2.75) is 32.7 Å². The van der Waals surface area contributed by atoms with E-state index in [1.54, 1.807) is 26.0 Å². The van der Waals surface area contributed by atoms with Gasteiger partial charge in [-0.2, -0.15) is 0 Å². The molecule has 0 saturated heterocycles. The third kappa shape index (κ3) is 6.59. The summed E-state index contributed by atoms with van der Waals surface area (Å²) in [6.07, 6.45) is -0.127. The zero-order valence-corrected chi connectivity index (χ0v) is 13.3. The van der Waals surface area contributed by atoms with Gasteiger partial charge in [-0.1, -0.05) is 18.5 Å². The molecule has 0 aliphatic heterocycles. The molecular formula is C13H17ClN2O4S. The highest BCUT2D eigenvalue weighted by Crippen LogP contribution is 2.26. The highest BCUT2D eigenvalue weighted by atomic mass is 35.5. The first-order chi connectivity index (χ1) is 9.77. The third-order valence-corrected chi connectivity index (χ3v) is 4.09. The molecule has 0 radical (unpaired) electrons. The fourth-order valence-electron chi connectivity index (χ4n) is 1.73. The first kappa shape index (κ1) is 17.5. The Labute approximate surface area is 131 Å². The number of hydrogen-bond donors (Lipinski definition) is 3. The van der Waals surface area contributed by atoms with Gasteiger partial charge in [-0.3, -0.25) is 14.9 Å². The number of imide groups is 1. The number of thiophene rings is 1. The van der Waals surface area contributed by atoms with Crippen LogP contribution in [0.15, 0.2) is 12.1 Å². The van der Waals surface area contributed by atoms with Crippen LogP contribution in [0.1, 0.15) is 37.6 Å². The van der Waals surface area contributed by atoms with E-state index in [2.05, 4.69) is 10.6 Å². The molecule has 2 unspecified atom stereocenters. The first-order valence-corrected chi connectivity index (χ1v) is 7.54. The molecule has 0 bridgehead atoms. The van der Waals surface area contributed by atoms with Gasteiger partial charge < -0.3 is 10.4 Å². The molecule has 3 N–H and O–H groups in total. The molecule has 6 nitrogen and oxygen atoms in total. The summed E-state index contributed by atoms with van der Waals surface area (Å²) in [4.78, 5) is 34.6. The van der Waals surface area contributed by atoms with Gasteiger partial charge >= 0.3 is 12.0 Å². The summed E-state index contributed by atoms with van der Waals surface area (Å²) in [7, 11) is 0. The minimum absolute atomic E-state index is 0.0149. The van der Waals surface area contributed by atoms with E-state index < -0.39 is 17.9 Å². The van der Waals surface area contributed by atoms with Crippen molar-refractivity contribution in [2.75, 3.05) is 0 Å². The van der Waals surface area contributed by atoms with Crippen LogP contribution in [0.3, 0.4) is 0 Å². The van der Waals surface area contributed by atoms with Gasteiger partial charge in [0.15, 0.2) is 0 Å². The number of urea groups is 1. The van der Waals surface area contributed by atoms with Crippen LogP contribution in [0, 0.1) is 5.92 Å². The Morgan fingerprint density at radius 1 is 1.29 bits per heavy atom. The number of hydrogen-bond acceptors (Lipinski definition) is 4. The van der Waals surface area contributed by atoms with Crippen LogP contribution in [-0.4, -0.2) is 23.0 Å². The Balaban J connectivity index is 2.39. The van der Waals surface area contributed by atoms with Gasteiger partial charge in [-0.05, 0) is 25.0 Å². The molecule has 0 spiro atoms. The highest BCUT2D eigenvalue weighted by Gasteiger charge is 2.16. The van der Waals surface area contributed by atoms with Crippen LogP contribution in [0.2, 0.25) is 4.34 Å². The van der Waals surface area contributed by atoms with Crippen LogP contribution in [0.4, 0.5) is 4.79 Å². The number of carboxylic acid groups (broad SMARTS) is 1. The Kier molecular flexibility index (Phi) is 6.64. The number of carboxylic acids is 1. The van der Waals surface area contributed by atoms with Crippen molar-refractivity contribution in [3.05, 3.63) is 21.3 Å². The van der Waals surface area contributed by atoms with Gasteiger partial charge in [-0.25, -0.2) is 4.79 Å². The van der Waals surface area contributed by atoms with Gasteiger partial charge in [0.25, 0.3) is 0 Å². The van der Waals surface area contributed by atoms with E-state index in [1.807, 2.05) is 0 Å². The van der Waals surface area contributed by atoms with Crippen molar-refractivity contribution >= 4 is 40.8 Å². The summed E-state index contributed by atoms with van der Waals surface area (Å²) in [5.74, 6) is -1.80. The van der Waals surface area contributed by atoms with E-state index in [0.29, 0.717) is 4.34 Å². The molecular weight excluding hydrogens is 316 g/mol. The molecule has 2 atom stereocenters. The highest BCUT2D eigenvalue weighted by molar-refractivity contribution is 7.16. The number of carbonyl (C=O) groups is 3. The molecule has 1 heterocycles. The summed E-state index contributed by atoms with van der Waals surface area (Å²) in [5, 5.41) is 13.4. The largest absolute Gasteiger partial charge is 0.481 e. The average molecular weight is 333 g/mol. The van der Waals surface area contributed by atoms with Crippen LogP contribution in [0.25, 0.3) is 0 Å². The maximum Gasteiger partial charge on any atom is 0.321 e. The fourth-order valence-corrected chi connectivity index (χ4v) is 2.79. The monoisotopic (exact) mass is 332 g/mol. The van der Waals surface area contributed by atoms with E-state index in [4.69, 9.17) is 16.7 Å².